The maximum atomic E-state index is 12.3. The Morgan fingerprint density at radius 3 is 2.48 bits per heavy atom. The molecule has 4 saturated carbocycles. The molecule has 0 radical (unpaired) electrons. The molecule has 150 valence electrons. The van der Waals surface area contributed by atoms with Gasteiger partial charge in [0, 0.05) is 5.92 Å². The predicted molar refractivity (Wildman–Crippen MR) is 112 cm³/mol. The molecule has 1 N–H and O–H groups in total. The minimum absolute atomic E-state index is 0.243. The van der Waals surface area contributed by atoms with Crippen LogP contribution in [0.1, 0.15) is 78.6 Å². The van der Waals surface area contributed by atoms with Crippen LogP contribution in [0.2, 0.25) is 0 Å². The molecule has 0 bridgehead atoms. The van der Waals surface area contributed by atoms with Gasteiger partial charge >= 0.3 is 0 Å². The average molecular weight is 435 g/mol. The van der Waals surface area contributed by atoms with Crippen molar-refractivity contribution in [3.8, 4) is 11.8 Å². The Morgan fingerprint density at radius 1 is 1.04 bits per heavy atom. The van der Waals surface area contributed by atoms with Crippen LogP contribution in [0.5, 0.6) is 0 Å². The van der Waals surface area contributed by atoms with Crippen LogP contribution in [0, 0.1) is 52.3 Å². The van der Waals surface area contributed by atoms with Crippen LogP contribution in [0.15, 0.2) is 0 Å². The highest BCUT2D eigenvalue weighted by atomic mass is 79.9. The molecule has 8 atom stereocenters. The zero-order valence-corrected chi connectivity index (χ0v) is 18.8. The number of halogens is 1. The Balaban J connectivity index is 1.57. The Morgan fingerprint density at radius 2 is 1.78 bits per heavy atom. The number of rotatable bonds is 1. The topological polar surface area (TPSA) is 37.3 Å². The average Bonchev–Trinajstić information content (AvgIpc) is 2.98. The molecule has 3 heteroatoms. The molecule has 2 nitrogen and oxygen atoms in total. The van der Waals surface area contributed by atoms with Crippen molar-refractivity contribution in [1.82, 2.24) is 0 Å². The molecule has 0 heterocycles. The van der Waals surface area contributed by atoms with Crippen molar-refractivity contribution >= 4 is 21.7 Å². The highest BCUT2D eigenvalue weighted by Gasteiger charge is 2.61. The number of fused-ring (bicyclic) bond motifs is 5. The smallest absolute Gasteiger partial charge is 0.133 e. The minimum Gasteiger partial charge on any atom is -0.378 e. The summed E-state index contributed by atoms with van der Waals surface area (Å²) in [6.07, 6.45) is 10.2. The second-order valence-corrected chi connectivity index (χ2v) is 11.2. The van der Waals surface area contributed by atoms with Crippen LogP contribution >= 0.6 is 15.9 Å². The first-order valence-electron chi connectivity index (χ1n) is 11.0. The third-order valence-electron chi connectivity index (χ3n) is 9.61. The Hall–Kier alpha value is -0.330. The number of Topliss-reactive ketones (excluding diaryl/α,β-unsaturated/α-hetero) is 1. The van der Waals surface area contributed by atoms with E-state index in [2.05, 4.69) is 41.6 Å². The number of hydrogen-bond donors (Lipinski definition) is 1. The molecule has 0 spiro atoms. The maximum absolute atomic E-state index is 12.3. The van der Waals surface area contributed by atoms with Gasteiger partial charge in [0.2, 0.25) is 0 Å². The molecular weight excluding hydrogens is 400 g/mol. The van der Waals surface area contributed by atoms with Gasteiger partial charge in [0.1, 0.15) is 11.4 Å². The van der Waals surface area contributed by atoms with Crippen molar-refractivity contribution in [2.45, 2.75) is 84.2 Å². The fraction of sp³-hybridized carbons (Fsp3) is 0.875. The zero-order chi connectivity index (χ0) is 19.4. The van der Waals surface area contributed by atoms with Crippen molar-refractivity contribution in [3.63, 3.8) is 0 Å². The summed E-state index contributed by atoms with van der Waals surface area (Å²) in [5, 5.41) is 11.6. The normalized spacial score (nSPS) is 51.4. The Bertz CT molecular complexity index is 678. The van der Waals surface area contributed by atoms with Gasteiger partial charge in [0.05, 0.1) is 5.33 Å². The minimum atomic E-state index is -0.777. The van der Waals surface area contributed by atoms with Crippen LogP contribution in [-0.4, -0.2) is 21.8 Å². The molecule has 4 aliphatic rings. The summed E-state index contributed by atoms with van der Waals surface area (Å²) in [5.41, 5.74) is -0.186. The van der Waals surface area contributed by atoms with Crippen molar-refractivity contribution in [3.05, 3.63) is 0 Å². The van der Waals surface area contributed by atoms with Crippen molar-refractivity contribution < 1.29 is 9.90 Å². The lowest BCUT2D eigenvalue weighted by Gasteiger charge is -2.61. The number of ketones is 1. The van der Waals surface area contributed by atoms with Gasteiger partial charge in [-0.2, -0.15) is 0 Å². The van der Waals surface area contributed by atoms with Gasteiger partial charge in [-0.3, -0.25) is 4.79 Å². The highest BCUT2D eigenvalue weighted by Crippen LogP contribution is 2.68. The molecule has 27 heavy (non-hydrogen) atoms. The quantitative estimate of drug-likeness (QED) is 0.445. The second kappa shape index (κ2) is 6.88. The number of aliphatic hydroxyl groups is 1. The SMILES string of the molecule is CC(=O)[C@H]1CC[C@H]2[C@@H]3CCC4C[C@](O)(C#CCBr)CC[C@]4(C)[C@H]3CC[C@]12C. The third-order valence-corrected chi connectivity index (χ3v) is 9.89. The van der Waals surface area contributed by atoms with E-state index in [1.54, 1.807) is 0 Å². The van der Waals surface area contributed by atoms with E-state index >= 15 is 0 Å². The molecule has 1 unspecified atom stereocenters. The molecular formula is C24H35BrO2. The molecule has 0 amide bonds. The van der Waals surface area contributed by atoms with E-state index in [0.29, 0.717) is 28.4 Å². The lowest BCUT2D eigenvalue weighted by molar-refractivity contribution is -0.144. The molecule has 0 aromatic heterocycles. The summed E-state index contributed by atoms with van der Waals surface area (Å²) in [6, 6.07) is 0. The summed E-state index contributed by atoms with van der Waals surface area (Å²) >= 11 is 3.36. The van der Waals surface area contributed by atoms with Gasteiger partial charge in [-0.1, -0.05) is 41.6 Å². The van der Waals surface area contributed by atoms with Crippen LogP contribution in [-0.2, 0) is 4.79 Å². The number of hydrogen-bond acceptors (Lipinski definition) is 2. The fourth-order valence-corrected chi connectivity index (χ4v) is 8.36. The molecule has 0 aromatic rings. The van der Waals surface area contributed by atoms with Crippen molar-refractivity contribution in [2.75, 3.05) is 5.33 Å². The van der Waals surface area contributed by atoms with Gasteiger partial charge in [0.25, 0.3) is 0 Å². The van der Waals surface area contributed by atoms with Gasteiger partial charge in [-0.25, -0.2) is 0 Å². The van der Waals surface area contributed by atoms with Gasteiger partial charge < -0.3 is 5.11 Å². The summed E-state index contributed by atoms with van der Waals surface area (Å²) in [5.74, 6) is 9.81. The van der Waals surface area contributed by atoms with E-state index in [9.17, 15) is 9.90 Å². The number of carbonyl (C=O) groups excluding carboxylic acids is 1. The predicted octanol–water partition coefficient (Wildman–Crippen LogP) is 5.36. The van der Waals surface area contributed by atoms with Gasteiger partial charge in [-0.05, 0) is 99.2 Å². The van der Waals surface area contributed by atoms with Gasteiger partial charge in [0.15, 0.2) is 0 Å². The number of carbonyl (C=O) groups is 1. The zero-order valence-electron chi connectivity index (χ0n) is 17.2. The monoisotopic (exact) mass is 434 g/mol. The molecule has 0 saturated heterocycles. The summed E-state index contributed by atoms with van der Waals surface area (Å²) < 4.78 is 0. The first-order chi connectivity index (χ1) is 12.7. The van der Waals surface area contributed by atoms with E-state index in [0.717, 1.165) is 43.4 Å². The fourth-order valence-electron chi connectivity index (χ4n) is 8.22. The first kappa shape index (κ1) is 20.0. The summed E-state index contributed by atoms with van der Waals surface area (Å²) in [4.78, 5) is 12.3. The van der Waals surface area contributed by atoms with Crippen LogP contribution in [0.25, 0.3) is 0 Å². The summed E-state index contributed by atoms with van der Waals surface area (Å²) in [6.45, 7) is 6.77. The van der Waals surface area contributed by atoms with E-state index < -0.39 is 5.60 Å². The first-order valence-corrected chi connectivity index (χ1v) is 12.1. The molecule has 0 aliphatic heterocycles. The maximum Gasteiger partial charge on any atom is 0.133 e. The molecule has 0 aromatic carbocycles. The Labute approximate surface area is 173 Å². The van der Waals surface area contributed by atoms with Crippen molar-refractivity contribution in [1.29, 1.82) is 0 Å². The lowest BCUT2D eigenvalue weighted by atomic mass is 9.44. The van der Waals surface area contributed by atoms with E-state index in [-0.39, 0.29) is 5.41 Å². The van der Waals surface area contributed by atoms with Gasteiger partial charge in [-0.15, -0.1) is 0 Å². The standard InChI is InChI=1S/C24H35BrO2/c1-16(26)19-7-8-20-18-6-5-17-15-24(27,10-4-14-25)13-12-22(17,2)21(18)9-11-23(19,20)3/h17-21,27H,5-9,11-15H2,1-3H3/t17?,18-,19+,20-,21-,22-,23+,24-/m0/s1. The van der Waals surface area contributed by atoms with Crippen LogP contribution in [0.3, 0.4) is 0 Å². The Kier molecular flexibility index (Phi) is 5.08. The molecule has 4 fully saturated rings. The number of alkyl halides is 1. The van der Waals surface area contributed by atoms with Crippen LogP contribution < -0.4 is 0 Å². The lowest BCUT2D eigenvalue weighted by Crippen LogP contribution is -2.56. The molecule has 4 rings (SSSR count). The summed E-state index contributed by atoms with van der Waals surface area (Å²) in [7, 11) is 0. The van der Waals surface area contributed by atoms with Crippen LogP contribution in [0.4, 0.5) is 0 Å². The van der Waals surface area contributed by atoms with E-state index in [4.69, 9.17) is 0 Å². The largest absolute Gasteiger partial charge is 0.378 e. The second-order valence-electron chi connectivity index (χ2n) is 10.6. The molecule has 4 aliphatic carbocycles. The highest BCUT2D eigenvalue weighted by molar-refractivity contribution is 9.09. The van der Waals surface area contributed by atoms with E-state index in [1.165, 1.54) is 32.1 Å². The van der Waals surface area contributed by atoms with Crippen molar-refractivity contribution in [2.24, 2.45) is 40.4 Å². The van der Waals surface area contributed by atoms with E-state index in [1.807, 2.05) is 6.92 Å². The third kappa shape index (κ3) is 3.05.